The van der Waals surface area contributed by atoms with Crippen molar-refractivity contribution in [2.75, 3.05) is 7.05 Å². The van der Waals surface area contributed by atoms with Gasteiger partial charge in [0, 0.05) is 7.05 Å². The van der Waals surface area contributed by atoms with Gasteiger partial charge in [0.05, 0.1) is 0 Å². The van der Waals surface area contributed by atoms with E-state index in [1.165, 1.54) is 0 Å². The van der Waals surface area contributed by atoms with Crippen molar-refractivity contribution in [1.82, 2.24) is 5.32 Å². The maximum atomic E-state index is 11.7. The number of halogens is 3. The van der Waals surface area contributed by atoms with Gasteiger partial charge in [-0.1, -0.05) is 6.58 Å². The molecule has 0 aromatic rings. The van der Waals surface area contributed by atoms with Crippen LogP contribution in [-0.2, 0) is 0 Å². The fraction of sp³-hybridized carbons (Fsp3) is 0.400. The minimum Gasteiger partial charge on any atom is -0.343 e. The van der Waals surface area contributed by atoms with Gasteiger partial charge in [0.1, 0.15) is 0 Å². The average Bonchev–Trinajstić information content (AvgIpc) is 1.80. The van der Waals surface area contributed by atoms with Crippen LogP contribution in [0.15, 0.2) is 17.8 Å². The van der Waals surface area contributed by atoms with E-state index in [0.29, 0.717) is 0 Å². The Morgan fingerprint density at radius 3 is 2.20 bits per heavy atom. The number of hydrogen-bond donors (Lipinski definition) is 1. The van der Waals surface area contributed by atoms with Crippen molar-refractivity contribution in [2.24, 2.45) is 4.99 Å². The van der Waals surface area contributed by atoms with Crippen LogP contribution in [0.1, 0.15) is 0 Å². The lowest BCUT2D eigenvalue weighted by atomic mass is 10.5. The van der Waals surface area contributed by atoms with Crippen LogP contribution in [0.25, 0.3) is 0 Å². The first-order valence-corrected chi connectivity index (χ1v) is 2.43. The van der Waals surface area contributed by atoms with Gasteiger partial charge < -0.3 is 5.32 Å². The van der Waals surface area contributed by atoms with Gasteiger partial charge in [-0.2, -0.15) is 13.2 Å². The summed E-state index contributed by atoms with van der Waals surface area (Å²) in [6.45, 7) is 3.07. The molecule has 0 aliphatic heterocycles. The van der Waals surface area contributed by atoms with Gasteiger partial charge in [0.2, 0.25) is 5.84 Å². The normalized spacial score (nSPS) is 13.0. The second kappa shape index (κ2) is 3.24. The highest BCUT2D eigenvalue weighted by molar-refractivity contribution is 5.88. The molecule has 0 rings (SSSR count). The minimum absolute atomic E-state index is 0.926. The van der Waals surface area contributed by atoms with Crippen molar-refractivity contribution in [3.8, 4) is 0 Å². The van der Waals surface area contributed by atoms with Crippen molar-refractivity contribution in [3.05, 3.63) is 12.8 Å². The van der Waals surface area contributed by atoms with Gasteiger partial charge in [-0.3, -0.25) is 4.99 Å². The van der Waals surface area contributed by atoms with Crippen LogP contribution in [0.3, 0.4) is 0 Å². The van der Waals surface area contributed by atoms with Gasteiger partial charge in [-0.15, -0.1) is 0 Å². The molecule has 0 saturated heterocycles. The van der Waals surface area contributed by atoms with E-state index < -0.39 is 12.0 Å². The van der Waals surface area contributed by atoms with Crippen LogP contribution in [0.5, 0.6) is 0 Å². The first-order chi connectivity index (χ1) is 4.52. The van der Waals surface area contributed by atoms with E-state index in [1.54, 1.807) is 0 Å². The van der Waals surface area contributed by atoms with E-state index >= 15 is 0 Å². The second-order valence-corrected chi connectivity index (χ2v) is 1.42. The molecule has 58 valence electrons. The van der Waals surface area contributed by atoms with E-state index in [9.17, 15) is 13.2 Å². The zero-order valence-corrected chi connectivity index (χ0v) is 5.37. The van der Waals surface area contributed by atoms with Crippen molar-refractivity contribution in [1.29, 1.82) is 0 Å². The second-order valence-electron chi connectivity index (χ2n) is 1.42. The van der Waals surface area contributed by atoms with Crippen LogP contribution in [0.2, 0.25) is 0 Å². The molecule has 0 unspecified atom stereocenters. The maximum absolute atomic E-state index is 11.7. The van der Waals surface area contributed by atoms with Crippen molar-refractivity contribution in [3.63, 3.8) is 0 Å². The number of nitrogens with one attached hydrogen (secondary N) is 1. The molecule has 0 aliphatic carbocycles. The van der Waals surface area contributed by atoms with Crippen LogP contribution in [0, 0.1) is 0 Å². The first-order valence-electron chi connectivity index (χ1n) is 2.43. The Hall–Kier alpha value is -1.00. The summed E-state index contributed by atoms with van der Waals surface area (Å²) in [5, 5.41) is 1.86. The molecule has 0 spiro atoms. The number of hydrogen-bond acceptors (Lipinski definition) is 1. The predicted octanol–water partition coefficient (Wildman–Crippen LogP) is 1.31. The number of nitrogens with zero attached hydrogens (tertiary/aromatic N) is 1. The molecular weight excluding hydrogens is 145 g/mol. The van der Waals surface area contributed by atoms with Crippen LogP contribution in [-0.4, -0.2) is 19.1 Å². The number of amidine groups is 1. The molecule has 0 atom stereocenters. The molecule has 0 fully saturated rings. The van der Waals surface area contributed by atoms with Gasteiger partial charge in [-0.25, -0.2) is 0 Å². The molecular formula is C5H7F3N2. The molecule has 0 amide bonds. The highest BCUT2D eigenvalue weighted by atomic mass is 19.4. The molecule has 2 nitrogen and oxygen atoms in total. The van der Waals surface area contributed by atoms with Gasteiger partial charge in [0.25, 0.3) is 0 Å². The molecule has 0 aromatic carbocycles. The van der Waals surface area contributed by atoms with Crippen molar-refractivity contribution in [2.45, 2.75) is 6.18 Å². The van der Waals surface area contributed by atoms with Crippen molar-refractivity contribution < 1.29 is 13.2 Å². The van der Waals surface area contributed by atoms with Crippen LogP contribution < -0.4 is 5.32 Å². The molecule has 0 radical (unpaired) electrons. The number of aliphatic imine (C=N–C) groups is 1. The Morgan fingerprint density at radius 1 is 1.60 bits per heavy atom. The standard InChI is InChI=1S/C5H7F3N2/c1-3-10-4(9-2)5(6,7)8/h3H,1H2,2H3,(H,9,10). The predicted molar refractivity (Wildman–Crippen MR) is 32.7 cm³/mol. The number of alkyl halides is 3. The quantitative estimate of drug-likeness (QED) is 0.444. The molecule has 0 saturated carbocycles. The summed E-state index contributed by atoms with van der Waals surface area (Å²) in [5.41, 5.74) is 0. The lowest BCUT2D eigenvalue weighted by Crippen LogP contribution is -2.33. The third-order valence-corrected chi connectivity index (χ3v) is 0.731. The molecule has 0 aliphatic rings. The molecule has 0 aromatic heterocycles. The minimum atomic E-state index is -4.41. The van der Waals surface area contributed by atoms with Crippen molar-refractivity contribution >= 4 is 5.84 Å². The monoisotopic (exact) mass is 152 g/mol. The largest absolute Gasteiger partial charge is 0.449 e. The third-order valence-electron chi connectivity index (χ3n) is 0.731. The molecule has 0 bridgehead atoms. The van der Waals surface area contributed by atoms with E-state index in [-0.39, 0.29) is 0 Å². The Balaban J connectivity index is 4.23. The highest BCUT2D eigenvalue weighted by Crippen LogP contribution is 2.15. The Bertz CT molecular complexity index is 147. The fourth-order valence-electron chi connectivity index (χ4n) is 0.370. The van der Waals surface area contributed by atoms with E-state index in [4.69, 9.17) is 0 Å². The fourth-order valence-corrected chi connectivity index (χ4v) is 0.370. The van der Waals surface area contributed by atoms with Gasteiger partial charge >= 0.3 is 6.18 Å². The topological polar surface area (TPSA) is 24.4 Å². The van der Waals surface area contributed by atoms with E-state index in [2.05, 4.69) is 11.6 Å². The Morgan fingerprint density at radius 2 is 2.10 bits per heavy atom. The van der Waals surface area contributed by atoms with E-state index in [0.717, 1.165) is 13.2 Å². The van der Waals surface area contributed by atoms with Gasteiger partial charge in [-0.05, 0) is 6.20 Å². The number of rotatable bonds is 1. The summed E-state index contributed by atoms with van der Waals surface area (Å²) in [6, 6.07) is 0. The zero-order valence-electron chi connectivity index (χ0n) is 5.37. The summed E-state index contributed by atoms with van der Waals surface area (Å²) in [5.74, 6) is -1.04. The molecule has 0 heterocycles. The summed E-state index contributed by atoms with van der Waals surface area (Å²) in [4.78, 5) is 2.96. The molecule has 1 N–H and O–H groups in total. The molecule has 10 heavy (non-hydrogen) atoms. The van der Waals surface area contributed by atoms with Crippen LogP contribution in [0.4, 0.5) is 13.2 Å². The lowest BCUT2D eigenvalue weighted by molar-refractivity contribution is -0.0612. The lowest BCUT2D eigenvalue weighted by Gasteiger charge is -2.07. The summed E-state index contributed by atoms with van der Waals surface area (Å²) in [7, 11) is 1.05. The smallest absolute Gasteiger partial charge is 0.343 e. The summed E-state index contributed by atoms with van der Waals surface area (Å²) in [6.07, 6.45) is -3.49. The zero-order chi connectivity index (χ0) is 8.20. The van der Waals surface area contributed by atoms with Gasteiger partial charge in [0.15, 0.2) is 0 Å². The van der Waals surface area contributed by atoms with E-state index in [1.807, 2.05) is 5.32 Å². The first kappa shape index (κ1) is 9.00. The Kier molecular flexibility index (Phi) is 2.92. The van der Waals surface area contributed by atoms with Crippen LogP contribution >= 0.6 is 0 Å². The summed E-state index contributed by atoms with van der Waals surface area (Å²) >= 11 is 0. The Labute approximate surface area is 56.5 Å². The third kappa shape index (κ3) is 2.52. The highest BCUT2D eigenvalue weighted by Gasteiger charge is 2.34. The summed E-state index contributed by atoms with van der Waals surface area (Å²) < 4.78 is 35.0. The SMILES string of the molecule is C=CNC(=NC)C(F)(F)F. The average molecular weight is 152 g/mol. The maximum Gasteiger partial charge on any atom is 0.449 e. The molecule has 5 heteroatoms.